The fraction of sp³-hybridized carbons (Fsp3) is 0.213. The lowest BCUT2D eigenvalue weighted by molar-refractivity contribution is 0.332. The predicted molar refractivity (Wildman–Crippen MR) is 261 cm³/mol. The maximum absolute atomic E-state index is 2.59. The summed E-state index contributed by atoms with van der Waals surface area (Å²) in [5.41, 5.74) is 21.9. The third-order valence-corrected chi connectivity index (χ3v) is 14.8. The molecule has 0 radical (unpaired) electrons. The maximum Gasteiger partial charge on any atom is 0.0714 e. The van der Waals surface area contributed by atoms with E-state index in [1.165, 1.54) is 109 Å². The highest BCUT2D eigenvalue weighted by atomic mass is 15.1. The minimum absolute atomic E-state index is 0.0559. The van der Waals surface area contributed by atoms with E-state index < -0.39 is 5.41 Å². The third kappa shape index (κ3) is 6.19. The molecule has 11 rings (SSSR count). The lowest BCUT2D eigenvalue weighted by atomic mass is 9.63. The highest BCUT2D eigenvalue weighted by Gasteiger charge is 2.47. The van der Waals surface area contributed by atoms with E-state index in [1.807, 2.05) is 0 Å². The smallest absolute Gasteiger partial charge is 0.0714 e. The van der Waals surface area contributed by atoms with Gasteiger partial charge in [0.2, 0.25) is 0 Å². The second-order valence-electron chi connectivity index (χ2n) is 19.4. The molecule has 8 aromatic rings. The van der Waals surface area contributed by atoms with Crippen molar-refractivity contribution in [3.63, 3.8) is 0 Å². The number of hydrogen-bond donors (Lipinski definition) is 0. The Bertz CT molecular complexity index is 2900. The van der Waals surface area contributed by atoms with Gasteiger partial charge >= 0.3 is 0 Å². The summed E-state index contributed by atoms with van der Waals surface area (Å²) in [7, 11) is 0. The first-order valence-corrected chi connectivity index (χ1v) is 22.8. The van der Waals surface area contributed by atoms with E-state index in [4.69, 9.17) is 0 Å². The van der Waals surface area contributed by atoms with Crippen LogP contribution in [0.5, 0.6) is 0 Å². The molecule has 0 unspecified atom stereocenters. The van der Waals surface area contributed by atoms with Gasteiger partial charge in [0, 0.05) is 16.9 Å². The van der Waals surface area contributed by atoms with E-state index >= 15 is 0 Å². The molecule has 0 N–H and O–H groups in total. The first-order chi connectivity index (χ1) is 30.2. The highest BCUT2D eigenvalue weighted by molar-refractivity contribution is 5.97. The summed E-state index contributed by atoms with van der Waals surface area (Å²) in [5, 5.41) is 0. The Morgan fingerprint density at radius 3 is 1.63 bits per heavy atom. The molecule has 62 heavy (non-hydrogen) atoms. The van der Waals surface area contributed by atoms with Gasteiger partial charge in [-0.1, -0.05) is 179 Å². The molecule has 0 saturated heterocycles. The topological polar surface area (TPSA) is 3.24 Å². The molecule has 1 heteroatoms. The molecule has 1 nitrogen and oxygen atoms in total. The largest absolute Gasteiger partial charge is 0.310 e. The van der Waals surface area contributed by atoms with Gasteiger partial charge in [0.1, 0.15) is 0 Å². The summed E-state index contributed by atoms with van der Waals surface area (Å²) in [6.45, 7) is 9.76. The first-order valence-electron chi connectivity index (χ1n) is 22.8. The Labute approximate surface area is 368 Å². The van der Waals surface area contributed by atoms with Crippen LogP contribution in [0.3, 0.4) is 0 Å². The van der Waals surface area contributed by atoms with Gasteiger partial charge in [-0.05, 0) is 158 Å². The minimum Gasteiger partial charge on any atom is -0.310 e. The zero-order valence-corrected chi connectivity index (χ0v) is 36.6. The summed E-state index contributed by atoms with van der Waals surface area (Å²) >= 11 is 0. The minimum atomic E-state index is -0.526. The zero-order chi connectivity index (χ0) is 42.1. The standard InChI is InChI=1S/C61H55N/c1-59(2)36-37-60(3,4)57-39-50(34-35-55(57)59)62(49-32-30-44(31-33-49)42-18-8-5-9-19-42)58-41-56-53(40-52(58)46-29-28-43-20-14-15-21-45(43)38-46)51-26-16-17-27-54(51)61(56,47-22-10-6-11-23-47)48-24-12-7-13-25-48/h5-13,16-19,22-35,38-41H,14-15,20-21,36-37H2,1-4H3. The van der Waals surface area contributed by atoms with Crippen molar-refractivity contribution in [3.8, 4) is 33.4 Å². The van der Waals surface area contributed by atoms with Crippen LogP contribution in [0.25, 0.3) is 33.4 Å². The third-order valence-electron chi connectivity index (χ3n) is 14.8. The van der Waals surface area contributed by atoms with Crippen molar-refractivity contribution in [1.29, 1.82) is 0 Å². The molecule has 0 bridgehead atoms. The molecule has 3 aliphatic rings. The normalized spacial score (nSPS) is 16.4. The molecule has 0 atom stereocenters. The van der Waals surface area contributed by atoms with Crippen molar-refractivity contribution in [2.24, 2.45) is 0 Å². The number of rotatable bonds is 7. The second-order valence-corrected chi connectivity index (χ2v) is 19.4. The number of nitrogens with zero attached hydrogens (tertiary/aromatic N) is 1. The predicted octanol–water partition coefficient (Wildman–Crippen LogP) is 16.1. The van der Waals surface area contributed by atoms with Crippen LogP contribution in [0.2, 0.25) is 0 Å². The molecule has 0 heterocycles. The maximum atomic E-state index is 2.59. The van der Waals surface area contributed by atoms with Gasteiger partial charge in [-0.25, -0.2) is 0 Å². The van der Waals surface area contributed by atoms with Gasteiger partial charge in [-0.15, -0.1) is 0 Å². The van der Waals surface area contributed by atoms with Gasteiger partial charge in [0.25, 0.3) is 0 Å². The SMILES string of the molecule is CC1(C)CCC(C)(C)c2cc(N(c3ccc(-c4ccccc4)cc3)c3cc4c(cc3-c3ccc5c(c3)CCCC5)-c3ccccc3C4(c3ccccc3)c3ccccc3)ccc21. The second kappa shape index (κ2) is 14.9. The summed E-state index contributed by atoms with van der Waals surface area (Å²) in [4.78, 5) is 2.59. The molecule has 3 aliphatic carbocycles. The van der Waals surface area contributed by atoms with E-state index in [2.05, 4.69) is 221 Å². The van der Waals surface area contributed by atoms with Gasteiger partial charge in [0.05, 0.1) is 11.1 Å². The van der Waals surface area contributed by atoms with Crippen molar-refractivity contribution in [2.45, 2.75) is 82.5 Å². The Morgan fingerprint density at radius 2 is 0.935 bits per heavy atom. The van der Waals surface area contributed by atoms with E-state index in [0.29, 0.717) is 0 Å². The van der Waals surface area contributed by atoms with Crippen molar-refractivity contribution in [2.75, 3.05) is 4.90 Å². The molecule has 0 amide bonds. The molecule has 0 aliphatic heterocycles. The number of hydrogen-bond acceptors (Lipinski definition) is 1. The van der Waals surface area contributed by atoms with Crippen molar-refractivity contribution < 1.29 is 0 Å². The molecule has 0 aromatic heterocycles. The quantitative estimate of drug-likeness (QED) is 0.155. The first kappa shape index (κ1) is 38.5. The molecule has 8 aromatic carbocycles. The fourth-order valence-electron chi connectivity index (χ4n) is 11.4. The Balaban J connectivity index is 1.24. The van der Waals surface area contributed by atoms with Crippen LogP contribution in [-0.2, 0) is 29.1 Å². The van der Waals surface area contributed by atoms with Gasteiger partial charge < -0.3 is 4.90 Å². The van der Waals surface area contributed by atoms with E-state index in [9.17, 15) is 0 Å². The van der Waals surface area contributed by atoms with Crippen LogP contribution in [0.15, 0.2) is 188 Å². The Morgan fingerprint density at radius 1 is 0.371 bits per heavy atom. The molecular formula is C61H55N. The van der Waals surface area contributed by atoms with Crippen molar-refractivity contribution in [1.82, 2.24) is 0 Å². The number of anilines is 3. The highest BCUT2D eigenvalue weighted by Crippen LogP contribution is 2.59. The summed E-state index contributed by atoms with van der Waals surface area (Å²) < 4.78 is 0. The van der Waals surface area contributed by atoms with Gasteiger partial charge in [-0.3, -0.25) is 0 Å². The lowest BCUT2D eigenvalue weighted by Gasteiger charge is -2.42. The molecular weight excluding hydrogens is 747 g/mol. The molecule has 0 fully saturated rings. The fourth-order valence-corrected chi connectivity index (χ4v) is 11.4. The van der Waals surface area contributed by atoms with Crippen LogP contribution in [0, 0.1) is 0 Å². The summed E-state index contributed by atoms with van der Waals surface area (Å²) in [5.74, 6) is 0. The van der Waals surface area contributed by atoms with Crippen LogP contribution in [0.1, 0.15) is 97.9 Å². The van der Waals surface area contributed by atoms with E-state index in [-0.39, 0.29) is 10.8 Å². The average molecular weight is 802 g/mol. The van der Waals surface area contributed by atoms with Crippen molar-refractivity contribution in [3.05, 3.63) is 233 Å². The lowest BCUT2D eigenvalue weighted by Crippen LogP contribution is -2.34. The zero-order valence-electron chi connectivity index (χ0n) is 36.6. The number of aryl methyl sites for hydroxylation is 2. The summed E-state index contributed by atoms with van der Waals surface area (Å²) in [6, 6.07) is 71.6. The van der Waals surface area contributed by atoms with E-state index in [0.717, 1.165) is 24.9 Å². The summed E-state index contributed by atoms with van der Waals surface area (Å²) in [6.07, 6.45) is 7.17. The van der Waals surface area contributed by atoms with Crippen molar-refractivity contribution >= 4 is 17.1 Å². The van der Waals surface area contributed by atoms with Gasteiger partial charge in [0.15, 0.2) is 0 Å². The van der Waals surface area contributed by atoms with Gasteiger partial charge in [-0.2, -0.15) is 0 Å². The monoisotopic (exact) mass is 801 g/mol. The van der Waals surface area contributed by atoms with E-state index in [1.54, 1.807) is 0 Å². The number of fused-ring (bicyclic) bond motifs is 5. The number of benzene rings is 8. The molecule has 0 saturated carbocycles. The molecule has 0 spiro atoms. The van der Waals surface area contributed by atoms with Crippen LogP contribution in [0.4, 0.5) is 17.1 Å². The Hall–Kier alpha value is -6.44. The molecule has 304 valence electrons. The van der Waals surface area contributed by atoms with Crippen LogP contribution < -0.4 is 4.90 Å². The Kier molecular flexibility index (Phi) is 9.24. The average Bonchev–Trinajstić information content (AvgIpc) is 3.61. The van der Waals surface area contributed by atoms with Crippen LogP contribution in [-0.4, -0.2) is 0 Å². The van der Waals surface area contributed by atoms with Crippen LogP contribution >= 0.6 is 0 Å².